The molecule has 1 aromatic rings. The van der Waals surface area contributed by atoms with Gasteiger partial charge in [-0.25, -0.2) is 0 Å². The van der Waals surface area contributed by atoms with E-state index in [2.05, 4.69) is 49.9 Å². The molecule has 0 radical (unpaired) electrons. The quantitative estimate of drug-likeness (QED) is 0.900. The molecular weight excluding hydrogens is 234 g/mol. The lowest BCUT2D eigenvalue weighted by Crippen LogP contribution is -2.49. The first-order chi connectivity index (χ1) is 9.07. The molecule has 0 spiro atoms. The Morgan fingerprint density at radius 3 is 2.58 bits per heavy atom. The Morgan fingerprint density at radius 2 is 1.95 bits per heavy atom. The first-order valence-electron chi connectivity index (χ1n) is 7.47. The summed E-state index contributed by atoms with van der Waals surface area (Å²) in [6.07, 6.45) is 2.61. The summed E-state index contributed by atoms with van der Waals surface area (Å²) in [5.41, 5.74) is 1.08. The van der Waals surface area contributed by atoms with Crippen molar-refractivity contribution in [2.75, 3.05) is 19.7 Å². The number of benzene rings is 1. The SMILES string of the molecule is CC1CCCN(CC(C)(CO)c2ccccc2)C1C. The summed E-state index contributed by atoms with van der Waals surface area (Å²) < 4.78 is 0. The van der Waals surface area contributed by atoms with Gasteiger partial charge in [-0.15, -0.1) is 0 Å². The molecule has 2 heteroatoms. The van der Waals surface area contributed by atoms with E-state index in [0.29, 0.717) is 6.04 Å². The van der Waals surface area contributed by atoms with Crippen LogP contribution in [0.4, 0.5) is 0 Å². The standard InChI is InChI=1S/C17H27NO/c1-14-8-7-11-18(15(14)2)12-17(3,13-19)16-9-5-4-6-10-16/h4-6,9-10,14-15,19H,7-8,11-13H2,1-3H3. The summed E-state index contributed by atoms with van der Waals surface area (Å²) in [6, 6.07) is 11.0. The van der Waals surface area contributed by atoms with E-state index in [1.807, 2.05) is 6.07 Å². The van der Waals surface area contributed by atoms with Gasteiger partial charge in [0.15, 0.2) is 0 Å². The molecule has 0 bridgehead atoms. The maximum absolute atomic E-state index is 9.89. The van der Waals surface area contributed by atoms with Gasteiger partial charge in [-0.1, -0.05) is 44.2 Å². The van der Waals surface area contributed by atoms with Crippen LogP contribution < -0.4 is 0 Å². The van der Waals surface area contributed by atoms with Gasteiger partial charge in [0.05, 0.1) is 6.61 Å². The molecular formula is C17H27NO. The van der Waals surface area contributed by atoms with E-state index < -0.39 is 0 Å². The van der Waals surface area contributed by atoms with Crippen molar-refractivity contribution in [1.29, 1.82) is 0 Å². The Kier molecular flexibility index (Phi) is 4.64. The average Bonchev–Trinajstić information content (AvgIpc) is 2.45. The third-order valence-corrected chi connectivity index (χ3v) is 4.88. The van der Waals surface area contributed by atoms with E-state index in [0.717, 1.165) is 19.0 Å². The van der Waals surface area contributed by atoms with E-state index in [-0.39, 0.29) is 12.0 Å². The molecule has 2 nitrogen and oxygen atoms in total. The zero-order valence-electron chi connectivity index (χ0n) is 12.5. The predicted octanol–water partition coefficient (Wildman–Crippen LogP) is 3.06. The fourth-order valence-electron chi connectivity index (χ4n) is 3.17. The highest BCUT2D eigenvalue weighted by Gasteiger charge is 2.33. The van der Waals surface area contributed by atoms with Crippen molar-refractivity contribution in [2.45, 2.75) is 45.1 Å². The summed E-state index contributed by atoms with van der Waals surface area (Å²) in [5.74, 6) is 0.757. The van der Waals surface area contributed by atoms with Crippen LogP contribution in [0.25, 0.3) is 0 Å². The average molecular weight is 261 g/mol. The largest absolute Gasteiger partial charge is 0.395 e. The van der Waals surface area contributed by atoms with E-state index >= 15 is 0 Å². The van der Waals surface area contributed by atoms with Gasteiger partial charge in [0.2, 0.25) is 0 Å². The molecule has 0 aromatic heterocycles. The smallest absolute Gasteiger partial charge is 0.0537 e. The van der Waals surface area contributed by atoms with Crippen molar-refractivity contribution in [3.8, 4) is 0 Å². The van der Waals surface area contributed by atoms with Crippen LogP contribution in [0.5, 0.6) is 0 Å². The highest BCUT2D eigenvalue weighted by molar-refractivity contribution is 5.25. The van der Waals surface area contributed by atoms with E-state index in [9.17, 15) is 5.11 Å². The monoisotopic (exact) mass is 261 g/mol. The molecule has 1 heterocycles. The normalized spacial score (nSPS) is 28.0. The summed E-state index contributed by atoms with van der Waals surface area (Å²) >= 11 is 0. The second-order valence-corrected chi connectivity index (χ2v) is 6.42. The lowest BCUT2D eigenvalue weighted by molar-refractivity contribution is 0.0688. The number of piperidine rings is 1. The van der Waals surface area contributed by atoms with Crippen molar-refractivity contribution >= 4 is 0 Å². The van der Waals surface area contributed by atoms with Crippen molar-refractivity contribution < 1.29 is 5.11 Å². The maximum atomic E-state index is 9.89. The molecule has 0 aliphatic carbocycles. The number of aliphatic hydroxyl groups excluding tert-OH is 1. The highest BCUT2D eigenvalue weighted by atomic mass is 16.3. The van der Waals surface area contributed by atoms with Crippen LogP contribution in [-0.2, 0) is 5.41 Å². The number of hydrogen-bond acceptors (Lipinski definition) is 2. The number of nitrogens with zero attached hydrogens (tertiary/aromatic N) is 1. The number of hydrogen-bond donors (Lipinski definition) is 1. The molecule has 1 saturated heterocycles. The minimum atomic E-state index is -0.160. The van der Waals surface area contributed by atoms with Crippen LogP contribution in [0.3, 0.4) is 0 Å². The lowest BCUT2D eigenvalue weighted by atomic mass is 9.81. The Morgan fingerprint density at radius 1 is 1.26 bits per heavy atom. The first-order valence-corrected chi connectivity index (χ1v) is 7.47. The van der Waals surface area contributed by atoms with Gasteiger partial charge in [-0.3, -0.25) is 4.90 Å². The highest BCUT2D eigenvalue weighted by Crippen LogP contribution is 2.29. The van der Waals surface area contributed by atoms with Crippen molar-refractivity contribution in [2.24, 2.45) is 5.92 Å². The van der Waals surface area contributed by atoms with Gasteiger partial charge in [0.1, 0.15) is 0 Å². The molecule has 1 aliphatic rings. The zero-order chi connectivity index (χ0) is 13.9. The molecule has 106 valence electrons. The summed E-state index contributed by atoms with van der Waals surface area (Å²) in [7, 11) is 0. The van der Waals surface area contributed by atoms with Crippen molar-refractivity contribution in [1.82, 2.24) is 4.90 Å². The molecule has 0 saturated carbocycles. The second-order valence-electron chi connectivity index (χ2n) is 6.42. The number of rotatable bonds is 4. The number of likely N-dealkylation sites (tertiary alicyclic amines) is 1. The second kappa shape index (κ2) is 6.06. The van der Waals surface area contributed by atoms with Crippen molar-refractivity contribution in [3.05, 3.63) is 35.9 Å². The van der Waals surface area contributed by atoms with E-state index in [4.69, 9.17) is 0 Å². The summed E-state index contributed by atoms with van der Waals surface area (Å²) in [6.45, 7) is 9.15. The van der Waals surface area contributed by atoms with Crippen LogP contribution in [0.1, 0.15) is 39.2 Å². The Balaban J connectivity index is 2.14. The third-order valence-electron chi connectivity index (χ3n) is 4.88. The first kappa shape index (κ1) is 14.5. The molecule has 2 rings (SSSR count). The molecule has 0 amide bonds. The predicted molar refractivity (Wildman–Crippen MR) is 80.3 cm³/mol. The molecule has 1 aliphatic heterocycles. The van der Waals surface area contributed by atoms with Gasteiger partial charge in [0.25, 0.3) is 0 Å². The summed E-state index contributed by atoms with van der Waals surface area (Å²) in [4.78, 5) is 2.55. The van der Waals surface area contributed by atoms with Crippen molar-refractivity contribution in [3.63, 3.8) is 0 Å². The topological polar surface area (TPSA) is 23.5 Å². The molecule has 19 heavy (non-hydrogen) atoms. The van der Waals surface area contributed by atoms with Crippen LogP contribution in [0, 0.1) is 5.92 Å². The van der Waals surface area contributed by atoms with Crippen LogP contribution in [-0.4, -0.2) is 35.7 Å². The Labute approximate surface area is 117 Å². The van der Waals surface area contributed by atoms with Gasteiger partial charge in [0, 0.05) is 18.0 Å². The van der Waals surface area contributed by atoms with Crippen LogP contribution in [0.2, 0.25) is 0 Å². The zero-order valence-corrected chi connectivity index (χ0v) is 12.5. The number of aliphatic hydroxyl groups is 1. The fraction of sp³-hybridized carbons (Fsp3) is 0.647. The molecule has 1 fully saturated rings. The van der Waals surface area contributed by atoms with Crippen LogP contribution >= 0.6 is 0 Å². The van der Waals surface area contributed by atoms with E-state index in [1.165, 1.54) is 18.4 Å². The summed E-state index contributed by atoms with van der Waals surface area (Å²) in [5, 5.41) is 9.89. The van der Waals surface area contributed by atoms with E-state index in [1.54, 1.807) is 0 Å². The Hall–Kier alpha value is -0.860. The molecule has 3 unspecified atom stereocenters. The minimum Gasteiger partial charge on any atom is -0.395 e. The molecule has 1 aromatic carbocycles. The van der Waals surface area contributed by atoms with Gasteiger partial charge >= 0.3 is 0 Å². The lowest BCUT2D eigenvalue weighted by Gasteiger charge is -2.43. The fourth-order valence-corrected chi connectivity index (χ4v) is 3.17. The Bertz CT molecular complexity index is 392. The third kappa shape index (κ3) is 3.18. The van der Waals surface area contributed by atoms with Crippen LogP contribution in [0.15, 0.2) is 30.3 Å². The molecule has 3 atom stereocenters. The van der Waals surface area contributed by atoms with Gasteiger partial charge in [-0.2, -0.15) is 0 Å². The molecule has 1 N–H and O–H groups in total. The van der Waals surface area contributed by atoms with Gasteiger partial charge in [-0.05, 0) is 37.8 Å². The van der Waals surface area contributed by atoms with Gasteiger partial charge < -0.3 is 5.11 Å². The maximum Gasteiger partial charge on any atom is 0.0537 e. The minimum absolute atomic E-state index is 0.160.